The number of hydrogen-bond acceptors (Lipinski definition) is 4. The molecule has 25 heavy (non-hydrogen) atoms. The molecule has 3 N–H and O–H groups in total. The Hall–Kier alpha value is -2.86. The van der Waals surface area contributed by atoms with E-state index in [1.165, 1.54) is 0 Å². The average Bonchev–Trinajstić information content (AvgIpc) is 3.18. The first-order valence-electron chi connectivity index (χ1n) is 8.23. The zero-order valence-electron chi connectivity index (χ0n) is 14.0. The minimum Gasteiger partial charge on any atom is -0.497 e. The monoisotopic (exact) mass is 339 g/mol. The van der Waals surface area contributed by atoms with Crippen LogP contribution < -0.4 is 20.7 Å². The van der Waals surface area contributed by atoms with Gasteiger partial charge in [0.25, 0.3) is 5.91 Å². The van der Waals surface area contributed by atoms with Crippen LogP contribution in [0.15, 0.2) is 48.5 Å². The Bertz CT molecular complexity index is 736. The van der Waals surface area contributed by atoms with Gasteiger partial charge in [-0.3, -0.25) is 9.59 Å². The Morgan fingerprint density at radius 3 is 2.24 bits per heavy atom. The molecule has 0 saturated carbocycles. The molecule has 0 spiro atoms. The van der Waals surface area contributed by atoms with Gasteiger partial charge in [-0.2, -0.15) is 0 Å². The fraction of sp³-hybridized carbons (Fsp3) is 0.263. The molecule has 2 aromatic rings. The zero-order chi connectivity index (χ0) is 17.6. The van der Waals surface area contributed by atoms with Crippen molar-refractivity contribution in [2.45, 2.75) is 6.42 Å². The van der Waals surface area contributed by atoms with Crippen LogP contribution in [0.4, 0.5) is 11.4 Å². The molecule has 0 bridgehead atoms. The lowest BCUT2D eigenvalue weighted by Crippen LogP contribution is -2.24. The smallest absolute Gasteiger partial charge is 0.255 e. The number of nitrogens with one attached hydrogen (secondary N) is 3. The summed E-state index contributed by atoms with van der Waals surface area (Å²) < 4.78 is 5.09. The van der Waals surface area contributed by atoms with Gasteiger partial charge in [0.2, 0.25) is 5.91 Å². The zero-order valence-corrected chi connectivity index (χ0v) is 14.0. The molecule has 0 radical (unpaired) electrons. The number of anilines is 2. The van der Waals surface area contributed by atoms with Gasteiger partial charge in [-0.1, -0.05) is 0 Å². The van der Waals surface area contributed by atoms with Gasteiger partial charge in [-0.05, 0) is 61.5 Å². The fourth-order valence-electron chi connectivity index (χ4n) is 2.71. The van der Waals surface area contributed by atoms with E-state index in [9.17, 15) is 9.59 Å². The Morgan fingerprint density at radius 2 is 1.64 bits per heavy atom. The summed E-state index contributed by atoms with van der Waals surface area (Å²) in [4.78, 5) is 24.4. The summed E-state index contributed by atoms with van der Waals surface area (Å²) in [7, 11) is 1.59. The van der Waals surface area contributed by atoms with Gasteiger partial charge in [-0.15, -0.1) is 0 Å². The van der Waals surface area contributed by atoms with Gasteiger partial charge >= 0.3 is 0 Å². The Labute approximate surface area is 146 Å². The van der Waals surface area contributed by atoms with Crippen molar-refractivity contribution in [2.75, 3.05) is 30.8 Å². The molecule has 0 aromatic heterocycles. The quantitative estimate of drug-likeness (QED) is 0.782. The maximum absolute atomic E-state index is 12.3. The van der Waals surface area contributed by atoms with Crippen molar-refractivity contribution in [3.63, 3.8) is 0 Å². The fourth-order valence-corrected chi connectivity index (χ4v) is 2.71. The summed E-state index contributed by atoms with van der Waals surface area (Å²) in [6.07, 6.45) is 0.855. The maximum atomic E-state index is 12.3. The standard InChI is InChI=1S/C19H21N3O3/c1-25-17-8-6-16(7-9-17)21-18(23)13-2-4-15(5-3-13)22-19(24)14-10-11-20-12-14/h2-9,14,20H,10-12H2,1H3,(H,21,23)(H,22,24). The van der Waals surface area contributed by atoms with Crippen LogP contribution >= 0.6 is 0 Å². The molecule has 6 nitrogen and oxygen atoms in total. The third kappa shape index (κ3) is 4.36. The predicted octanol–water partition coefficient (Wildman–Crippen LogP) is 2.50. The lowest BCUT2D eigenvalue weighted by atomic mass is 10.1. The molecule has 1 atom stereocenters. The second-order valence-corrected chi connectivity index (χ2v) is 5.94. The topological polar surface area (TPSA) is 79.5 Å². The highest BCUT2D eigenvalue weighted by Crippen LogP contribution is 2.17. The third-order valence-electron chi connectivity index (χ3n) is 4.19. The van der Waals surface area contributed by atoms with E-state index < -0.39 is 0 Å². The van der Waals surface area contributed by atoms with Crippen LogP contribution in [-0.2, 0) is 4.79 Å². The number of hydrogen-bond donors (Lipinski definition) is 3. The van der Waals surface area contributed by atoms with Crippen molar-refractivity contribution < 1.29 is 14.3 Å². The van der Waals surface area contributed by atoms with E-state index in [1.54, 1.807) is 55.6 Å². The van der Waals surface area contributed by atoms with Crippen LogP contribution in [0.25, 0.3) is 0 Å². The lowest BCUT2D eigenvalue weighted by molar-refractivity contribution is -0.119. The van der Waals surface area contributed by atoms with Crippen molar-refractivity contribution in [2.24, 2.45) is 5.92 Å². The first-order chi connectivity index (χ1) is 12.2. The molecule has 3 rings (SSSR count). The maximum Gasteiger partial charge on any atom is 0.255 e. The summed E-state index contributed by atoms with van der Waals surface area (Å²) in [6.45, 7) is 1.59. The minimum atomic E-state index is -0.206. The molecule has 2 aromatic carbocycles. The van der Waals surface area contributed by atoms with Crippen molar-refractivity contribution in [1.29, 1.82) is 0 Å². The second-order valence-electron chi connectivity index (χ2n) is 5.94. The number of methoxy groups -OCH3 is 1. The third-order valence-corrected chi connectivity index (χ3v) is 4.19. The summed E-state index contributed by atoms with van der Waals surface area (Å²) in [5.74, 6) is 0.553. The number of carbonyl (C=O) groups is 2. The SMILES string of the molecule is COc1ccc(NC(=O)c2ccc(NC(=O)C3CCNC3)cc2)cc1. The normalized spacial score (nSPS) is 16.3. The summed E-state index contributed by atoms with van der Waals surface area (Å²) in [5, 5.41) is 8.88. The Morgan fingerprint density at radius 1 is 1.00 bits per heavy atom. The van der Waals surface area contributed by atoms with Crippen LogP contribution in [0.1, 0.15) is 16.8 Å². The molecule has 1 unspecified atom stereocenters. The van der Waals surface area contributed by atoms with E-state index in [4.69, 9.17) is 4.74 Å². The van der Waals surface area contributed by atoms with Crippen molar-refractivity contribution >= 4 is 23.2 Å². The van der Waals surface area contributed by atoms with Crippen molar-refractivity contribution in [1.82, 2.24) is 5.32 Å². The molecular formula is C19H21N3O3. The summed E-state index contributed by atoms with van der Waals surface area (Å²) in [6, 6.07) is 14.0. The molecule has 1 heterocycles. The van der Waals surface area contributed by atoms with Crippen LogP contribution in [0.2, 0.25) is 0 Å². The van der Waals surface area contributed by atoms with Gasteiger partial charge in [-0.25, -0.2) is 0 Å². The van der Waals surface area contributed by atoms with Gasteiger partial charge in [0.05, 0.1) is 13.0 Å². The Kier molecular flexibility index (Phi) is 5.30. The molecule has 1 aliphatic rings. The summed E-state index contributed by atoms with van der Waals surface area (Å²) >= 11 is 0. The molecule has 0 aliphatic carbocycles. The van der Waals surface area contributed by atoms with E-state index in [1.807, 2.05) is 0 Å². The molecule has 1 saturated heterocycles. The number of amides is 2. The second kappa shape index (κ2) is 7.81. The first-order valence-corrected chi connectivity index (χ1v) is 8.23. The van der Waals surface area contributed by atoms with Crippen molar-refractivity contribution in [3.05, 3.63) is 54.1 Å². The number of rotatable bonds is 5. The van der Waals surface area contributed by atoms with Gasteiger partial charge in [0, 0.05) is 23.5 Å². The van der Waals surface area contributed by atoms with E-state index >= 15 is 0 Å². The Balaban J connectivity index is 1.58. The number of benzene rings is 2. The number of ether oxygens (including phenoxy) is 1. The minimum absolute atomic E-state index is 0.0121. The van der Waals surface area contributed by atoms with Crippen LogP contribution in [-0.4, -0.2) is 32.0 Å². The highest BCUT2D eigenvalue weighted by Gasteiger charge is 2.22. The van der Waals surface area contributed by atoms with Crippen LogP contribution in [0.3, 0.4) is 0 Å². The van der Waals surface area contributed by atoms with Gasteiger partial charge < -0.3 is 20.7 Å². The van der Waals surface area contributed by atoms with E-state index in [0.29, 0.717) is 23.5 Å². The van der Waals surface area contributed by atoms with Crippen LogP contribution in [0, 0.1) is 5.92 Å². The highest BCUT2D eigenvalue weighted by atomic mass is 16.5. The largest absolute Gasteiger partial charge is 0.497 e. The van der Waals surface area contributed by atoms with E-state index in [2.05, 4.69) is 16.0 Å². The van der Waals surface area contributed by atoms with E-state index in [0.717, 1.165) is 18.7 Å². The average molecular weight is 339 g/mol. The van der Waals surface area contributed by atoms with Gasteiger partial charge in [0.1, 0.15) is 5.75 Å². The molecular weight excluding hydrogens is 318 g/mol. The molecule has 6 heteroatoms. The number of carbonyl (C=O) groups excluding carboxylic acids is 2. The van der Waals surface area contributed by atoms with Crippen LogP contribution in [0.5, 0.6) is 5.75 Å². The molecule has 2 amide bonds. The molecule has 130 valence electrons. The molecule has 1 fully saturated rings. The first kappa shape index (κ1) is 17.0. The highest BCUT2D eigenvalue weighted by molar-refractivity contribution is 6.04. The van der Waals surface area contributed by atoms with Crippen molar-refractivity contribution in [3.8, 4) is 5.75 Å². The predicted molar refractivity (Wildman–Crippen MR) is 97.0 cm³/mol. The van der Waals surface area contributed by atoms with Gasteiger partial charge in [0.15, 0.2) is 0 Å². The lowest BCUT2D eigenvalue weighted by Gasteiger charge is -2.10. The molecule has 1 aliphatic heterocycles. The van der Waals surface area contributed by atoms with E-state index in [-0.39, 0.29) is 17.7 Å². The summed E-state index contributed by atoms with van der Waals surface area (Å²) in [5.41, 5.74) is 1.91.